The van der Waals surface area contributed by atoms with Gasteiger partial charge in [0.15, 0.2) is 5.96 Å². The van der Waals surface area contributed by atoms with Crippen molar-refractivity contribution >= 4 is 29.9 Å². The third-order valence-corrected chi connectivity index (χ3v) is 4.03. The van der Waals surface area contributed by atoms with Crippen molar-refractivity contribution in [3.8, 4) is 5.75 Å². The van der Waals surface area contributed by atoms with Gasteiger partial charge in [-0.05, 0) is 45.5 Å². The van der Waals surface area contributed by atoms with Crippen LogP contribution in [0.25, 0.3) is 0 Å². The number of unbranched alkanes of at least 4 members (excludes halogenated alkanes) is 1. The maximum Gasteiger partial charge on any atom is 0.191 e. The molecule has 144 valence electrons. The van der Waals surface area contributed by atoms with E-state index in [-0.39, 0.29) is 24.0 Å². The van der Waals surface area contributed by atoms with Gasteiger partial charge >= 0.3 is 0 Å². The molecule has 0 aliphatic carbocycles. The van der Waals surface area contributed by atoms with Crippen LogP contribution in [0.2, 0.25) is 0 Å². The normalized spacial score (nSPS) is 11.2. The Morgan fingerprint density at radius 3 is 2.44 bits per heavy atom. The molecular formula is C19H35IN4O. The SMILES string of the molecule is CCOc1ccccc1CNC(=NC)NCCCCN(CC)CC.I. The minimum atomic E-state index is 0. The average molecular weight is 462 g/mol. The van der Waals surface area contributed by atoms with E-state index in [1.54, 1.807) is 7.05 Å². The van der Waals surface area contributed by atoms with Crippen molar-refractivity contribution in [2.45, 2.75) is 40.2 Å². The molecule has 0 amide bonds. The molecule has 0 saturated carbocycles. The molecule has 0 unspecified atom stereocenters. The van der Waals surface area contributed by atoms with Crippen LogP contribution < -0.4 is 15.4 Å². The topological polar surface area (TPSA) is 48.9 Å². The second-order valence-corrected chi connectivity index (χ2v) is 5.63. The molecule has 1 aromatic rings. The smallest absolute Gasteiger partial charge is 0.191 e. The van der Waals surface area contributed by atoms with E-state index in [9.17, 15) is 0 Å². The first-order valence-electron chi connectivity index (χ1n) is 9.12. The number of rotatable bonds is 11. The van der Waals surface area contributed by atoms with Crippen molar-refractivity contribution in [3.05, 3.63) is 29.8 Å². The molecule has 1 aromatic carbocycles. The first-order valence-corrected chi connectivity index (χ1v) is 9.12. The minimum absolute atomic E-state index is 0. The van der Waals surface area contributed by atoms with E-state index < -0.39 is 0 Å². The van der Waals surface area contributed by atoms with Crippen LogP contribution in [0, 0.1) is 0 Å². The van der Waals surface area contributed by atoms with Crippen LogP contribution in [0.4, 0.5) is 0 Å². The maximum atomic E-state index is 5.65. The van der Waals surface area contributed by atoms with E-state index >= 15 is 0 Å². The van der Waals surface area contributed by atoms with Gasteiger partial charge in [-0.15, -0.1) is 24.0 Å². The summed E-state index contributed by atoms with van der Waals surface area (Å²) >= 11 is 0. The van der Waals surface area contributed by atoms with Gasteiger partial charge in [0.05, 0.1) is 6.61 Å². The number of nitrogens with zero attached hydrogens (tertiary/aromatic N) is 2. The number of para-hydroxylation sites is 1. The Morgan fingerprint density at radius 2 is 1.80 bits per heavy atom. The summed E-state index contributed by atoms with van der Waals surface area (Å²) in [5.41, 5.74) is 1.14. The van der Waals surface area contributed by atoms with Gasteiger partial charge in [0.25, 0.3) is 0 Å². The van der Waals surface area contributed by atoms with Crippen LogP contribution in [-0.2, 0) is 6.54 Å². The second kappa shape index (κ2) is 15.3. The zero-order valence-corrected chi connectivity index (χ0v) is 18.5. The molecule has 0 aromatic heterocycles. The van der Waals surface area contributed by atoms with Crippen LogP contribution in [0.5, 0.6) is 5.75 Å². The zero-order valence-electron chi connectivity index (χ0n) is 16.2. The van der Waals surface area contributed by atoms with E-state index in [1.165, 1.54) is 13.0 Å². The van der Waals surface area contributed by atoms with Gasteiger partial charge < -0.3 is 20.3 Å². The monoisotopic (exact) mass is 462 g/mol. The lowest BCUT2D eigenvalue weighted by Gasteiger charge is -2.18. The predicted octanol–water partition coefficient (Wildman–Crippen LogP) is 3.49. The summed E-state index contributed by atoms with van der Waals surface area (Å²) in [4.78, 5) is 6.74. The molecule has 5 nitrogen and oxygen atoms in total. The molecule has 0 bridgehead atoms. The van der Waals surface area contributed by atoms with Gasteiger partial charge in [0.2, 0.25) is 0 Å². The van der Waals surface area contributed by atoms with Gasteiger partial charge in [0.1, 0.15) is 5.75 Å². The van der Waals surface area contributed by atoms with Gasteiger partial charge in [-0.2, -0.15) is 0 Å². The van der Waals surface area contributed by atoms with Gasteiger partial charge in [0, 0.05) is 25.7 Å². The third-order valence-electron chi connectivity index (χ3n) is 4.03. The van der Waals surface area contributed by atoms with Crippen LogP contribution in [0.15, 0.2) is 29.3 Å². The summed E-state index contributed by atoms with van der Waals surface area (Å²) in [6, 6.07) is 8.11. The Hall–Kier alpha value is -1.02. The van der Waals surface area contributed by atoms with Crippen LogP contribution in [0.1, 0.15) is 39.2 Å². The van der Waals surface area contributed by atoms with Crippen molar-refractivity contribution in [2.75, 3.05) is 39.8 Å². The lowest BCUT2D eigenvalue weighted by Crippen LogP contribution is -2.37. The number of hydrogen-bond donors (Lipinski definition) is 2. The van der Waals surface area contributed by atoms with Crippen molar-refractivity contribution < 1.29 is 4.74 Å². The molecule has 0 spiro atoms. The standard InChI is InChI=1S/C19H34N4O.HI/c1-5-23(6-2)15-11-10-14-21-19(20-4)22-16-17-12-8-9-13-18(17)24-7-3;/h8-9,12-13H,5-7,10-11,14-16H2,1-4H3,(H2,20,21,22);1H. The molecule has 0 aliphatic heterocycles. The molecule has 0 atom stereocenters. The summed E-state index contributed by atoms with van der Waals surface area (Å²) in [6.45, 7) is 12.2. The molecule has 0 saturated heterocycles. The largest absolute Gasteiger partial charge is 0.494 e. The Bertz CT molecular complexity index is 478. The van der Waals surface area contributed by atoms with E-state index in [1.807, 2.05) is 25.1 Å². The van der Waals surface area contributed by atoms with Gasteiger partial charge in [-0.25, -0.2) is 0 Å². The fourth-order valence-corrected chi connectivity index (χ4v) is 2.55. The summed E-state index contributed by atoms with van der Waals surface area (Å²) in [7, 11) is 1.81. The second-order valence-electron chi connectivity index (χ2n) is 5.63. The summed E-state index contributed by atoms with van der Waals surface area (Å²) in [5.74, 6) is 1.77. The van der Waals surface area contributed by atoms with Gasteiger partial charge in [-0.3, -0.25) is 4.99 Å². The van der Waals surface area contributed by atoms with Crippen LogP contribution in [-0.4, -0.2) is 50.7 Å². The molecule has 0 fully saturated rings. The van der Waals surface area contributed by atoms with Crippen molar-refractivity contribution in [3.63, 3.8) is 0 Å². The summed E-state index contributed by atoms with van der Waals surface area (Å²) < 4.78 is 5.65. The van der Waals surface area contributed by atoms with E-state index in [0.29, 0.717) is 13.2 Å². The Morgan fingerprint density at radius 1 is 1.08 bits per heavy atom. The van der Waals surface area contributed by atoms with Crippen molar-refractivity contribution in [1.29, 1.82) is 0 Å². The highest BCUT2D eigenvalue weighted by Crippen LogP contribution is 2.17. The van der Waals surface area contributed by atoms with E-state index in [0.717, 1.165) is 43.3 Å². The summed E-state index contributed by atoms with van der Waals surface area (Å²) in [5, 5.41) is 6.74. The lowest BCUT2D eigenvalue weighted by atomic mass is 10.2. The number of guanidine groups is 1. The molecule has 2 N–H and O–H groups in total. The van der Waals surface area contributed by atoms with Gasteiger partial charge in [-0.1, -0.05) is 32.0 Å². The molecular weight excluding hydrogens is 427 g/mol. The fraction of sp³-hybridized carbons (Fsp3) is 0.632. The average Bonchev–Trinajstić information content (AvgIpc) is 2.62. The number of halogens is 1. The number of hydrogen-bond acceptors (Lipinski definition) is 3. The molecule has 1 rings (SSSR count). The molecule has 25 heavy (non-hydrogen) atoms. The molecule has 0 heterocycles. The number of nitrogens with one attached hydrogen (secondary N) is 2. The number of ether oxygens (including phenoxy) is 1. The fourth-order valence-electron chi connectivity index (χ4n) is 2.55. The highest BCUT2D eigenvalue weighted by Gasteiger charge is 2.04. The van der Waals surface area contributed by atoms with Crippen molar-refractivity contribution in [2.24, 2.45) is 4.99 Å². The quantitative estimate of drug-likeness (QED) is 0.229. The molecule has 0 radical (unpaired) electrons. The lowest BCUT2D eigenvalue weighted by molar-refractivity contribution is 0.297. The third kappa shape index (κ3) is 9.89. The number of benzene rings is 1. The zero-order chi connectivity index (χ0) is 17.6. The molecule has 6 heteroatoms. The first kappa shape index (κ1) is 24.0. The van der Waals surface area contributed by atoms with Crippen LogP contribution >= 0.6 is 24.0 Å². The highest BCUT2D eigenvalue weighted by atomic mass is 127. The predicted molar refractivity (Wildman–Crippen MR) is 118 cm³/mol. The van der Waals surface area contributed by atoms with Crippen LogP contribution in [0.3, 0.4) is 0 Å². The first-order chi connectivity index (χ1) is 11.7. The Labute approximate surface area is 170 Å². The minimum Gasteiger partial charge on any atom is -0.494 e. The Balaban J connectivity index is 0.00000576. The summed E-state index contributed by atoms with van der Waals surface area (Å²) in [6.07, 6.45) is 2.35. The van der Waals surface area contributed by atoms with E-state index in [2.05, 4.69) is 40.4 Å². The van der Waals surface area contributed by atoms with E-state index in [4.69, 9.17) is 4.74 Å². The highest BCUT2D eigenvalue weighted by molar-refractivity contribution is 14.0. The molecule has 0 aliphatic rings. The Kier molecular flexibility index (Phi) is 14.6. The number of aliphatic imine (C=N–C) groups is 1. The van der Waals surface area contributed by atoms with Crippen molar-refractivity contribution in [1.82, 2.24) is 15.5 Å². The maximum absolute atomic E-state index is 5.65.